The third kappa shape index (κ3) is 6.83. The van der Waals surface area contributed by atoms with E-state index in [0.717, 1.165) is 48.9 Å². The Kier molecular flexibility index (Phi) is 9.19. The zero-order chi connectivity index (χ0) is 23.0. The summed E-state index contributed by atoms with van der Waals surface area (Å²) in [7, 11) is 0. The van der Waals surface area contributed by atoms with Gasteiger partial charge < -0.3 is 25.8 Å². The molecule has 8 heteroatoms. The summed E-state index contributed by atoms with van der Waals surface area (Å²) < 4.78 is 0.613. The van der Waals surface area contributed by atoms with Crippen LogP contribution in [-0.4, -0.2) is 52.9 Å². The van der Waals surface area contributed by atoms with Gasteiger partial charge in [0.15, 0.2) is 0 Å². The zero-order valence-electron chi connectivity index (χ0n) is 18.7. The Balaban J connectivity index is 1.27. The first-order valence-corrected chi connectivity index (χ1v) is 12.9. The zero-order valence-corrected chi connectivity index (χ0v) is 20.3. The Hall–Kier alpha value is -1.84. The van der Waals surface area contributed by atoms with Gasteiger partial charge >= 0.3 is 4.87 Å². The van der Waals surface area contributed by atoms with Crippen LogP contribution in [0.5, 0.6) is 5.75 Å². The minimum absolute atomic E-state index is 0.0248. The molecule has 0 bridgehead atoms. The van der Waals surface area contributed by atoms with E-state index in [0.29, 0.717) is 22.3 Å². The van der Waals surface area contributed by atoms with Crippen LogP contribution in [0.2, 0.25) is 0 Å². The van der Waals surface area contributed by atoms with Gasteiger partial charge in [-0.25, -0.2) is 0 Å². The highest BCUT2D eigenvalue weighted by molar-refractivity contribution is 7.99. The lowest BCUT2D eigenvalue weighted by Crippen LogP contribution is -2.33. The number of thiazole rings is 1. The van der Waals surface area contributed by atoms with Gasteiger partial charge in [-0.05, 0) is 30.3 Å². The van der Waals surface area contributed by atoms with Crippen molar-refractivity contribution in [2.24, 2.45) is 0 Å². The van der Waals surface area contributed by atoms with Crippen LogP contribution in [-0.2, 0) is 5.41 Å². The molecule has 6 nitrogen and oxygen atoms in total. The van der Waals surface area contributed by atoms with E-state index in [1.807, 2.05) is 11.8 Å². The number of phenolic OH excluding ortho intramolecular Hbond substituents is 1. The lowest BCUT2D eigenvalue weighted by Gasteiger charge is -2.25. The molecule has 3 aromatic rings. The Morgan fingerprint density at radius 2 is 1.88 bits per heavy atom. The van der Waals surface area contributed by atoms with E-state index in [2.05, 4.69) is 59.8 Å². The number of benzene rings is 2. The minimum atomic E-state index is -0.730. The molecule has 174 valence electrons. The monoisotopic (exact) mass is 475 g/mol. The molecule has 1 aromatic heterocycles. The summed E-state index contributed by atoms with van der Waals surface area (Å²) in [6.07, 6.45) is 0.391. The van der Waals surface area contributed by atoms with Crippen molar-refractivity contribution in [2.45, 2.75) is 31.8 Å². The molecule has 5 N–H and O–H groups in total. The summed E-state index contributed by atoms with van der Waals surface area (Å²) in [4.78, 5) is 14.0. The maximum absolute atomic E-state index is 11.6. The maximum atomic E-state index is 11.6. The topological polar surface area (TPSA) is 97.4 Å². The van der Waals surface area contributed by atoms with Gasteiger partial charge in [0.1, 0.15) is 11.3 Å². The fourth-order valence-electron chi connectivity index (χ4n) is 3.59. The van der Waals surface area contributed by atoms with Crippen LogP contribution in [0.15, 0.2) is 47.3 Å². The second-order valence-corrected chi connectivity index (χ2v) is 10.7. The number of phenols is 1. The summed E-state index contributed by atoms with van der Waals surface area (Å²) in [6, 6.07) is 13.8. The second kappa shape index (κ2) is 11.9. The Labute approximate surface area is 197 Å². The van der Waals surface area contributed by atoms with Crippen molar-refractivity contribution in [3.63, 3.8) is 0 Å². The number of aliphatic hydroxyl groups excluding tert-OH is 1. The Morgan fingerprint density at radius 1 is 1.09 bits per heavy atom. The predicted molar refractivity (Wildman–Crippen MR) is 136 cm³/mol. The van der Waals surface area contributed by atoms with Crippen molar-refractivity contribution in [3.05, 3.63) is 63.3 Å². The molecule has 0 unspecified atom stereocenters. The van der Waals surface area contributed by atoms with E-state index in [1.165, 1.54) is 11.6 Å². The number of H-pyrrole nitrogens is 1. The predicted octanol–water partition coefficient (Wildman–Crippen LogP) is 3.61. The molecule has 1 atom stereocenters. The van der Waals surface area contributed by atoms with Gasteiger partial charge in [-0.2, -0.15) is 11.8 Å². The maximum Gasteiger partial charge on any atom is 0.305 e. The van der Waals surface area contributed by atoms with Crippen LogP contribution < -0.4 is 15.5 Å². The summed E-state index contributed by atoms with van der Waals surface area (Å²) in [5.41, 5.74) is 2.53. The Morgan fingerprint density at radius 3 is 2.66 bits per heavy atom. The second-order valence-electron chi connectivity index (χ2n) is 8.51. The summed E-state index contributed by atoms with van der Waals surface area (Å²) in [6.45, 7) is 7.71. The van der Waals surface area contributed by atoms with Crippen LogP contribution in [0.1, 0.15) is 37.5 Å². The normalized spacial score (nSPS) is 13.0. The molecule has 0 saturated heterocycles. The fourth-order valence-corrected chi connectivity index (χ4v) is 5.35. The molecule has 0 aliphatic rings. The van der Waals surface area contributed by atoms with Crippen molar-refractivity contribution >= 4 is 33.3 Å². The van der Waals surface area contributed by atoms with Crippen molar-refractivity contribution in [1.82, 2.24) is 15.6 Å². The number of rotatable bonds is 13. The third-order valence-electron chi connectivity index (χ3n) is 5.47. The number of fused-ring (bicyclic) bond motifs is 1. The van der Waals surface area contributed by atoms with Crippen molar-refractivity contribution in [1.29, 1.82) is 0 Å². The smallest absolute Gasteiger partial charge is 0.305 e. The third-order valence-corrected chi connectivity index (χ3v) is 7.47. The van der Waals surface area contributed by atoms with E-state index >= 15 is 0 Å². The molecule has 32 heavy (non-hydrogen) atoms. The largest absolute Gasteiger partial charge is 0.506 e. The van der Waals surface area contributed by atoms with Gasteiger partial charge in [0.2, 0.25) is 0 Å². The van der Waals surface area contributed by atoms with Gasteiger partial charge in [-0.3, -0.25) is 4.79 Å². The molecule has 0 saturated carbocycles. The summed E-state index contributed by atoms with van der Waals surface area (Å²) in [5, 5.41) is 27.2. The van der Waals surface area contributed by atoms with Crippen molar-refractivity contribution < 1.29 is 10.2 Å². The van der Waals surface area contributed by atoms with Crippen LogP contribution >= 0.6 is 23.1 Å². The first kappa shape index (κ1) is 24.8. The van der Waals surface area contributed by atoms with E-state index in [4.69, 9.17) is 0 Å². The van der Waals surface area contributed by atoms with Gasteiger partial charge in [0, 0.05) is 36.4 Å². The standard InChI is InChI=1S/C24H33N3O3S2/c1-24(2,17-7-4-3-5-8-17)16-26-11-6-13-31-14-12-25-15-20(29)18-9-10-19(28)21-22(18)32-23(30)27-21/h3-5,7-10,20,25-26,28-29H,6,11-16H2,1-2H3,(H,27,30)/t20-/m0/s1. The van der Waals surface area contributed by atoms with Crippen LogP contribution in [0, 0.1) is 0 Å². The molecule has 0 amide bonds. The van der Waals surface area contributed by atoms with Crippen molar-refractivity contribution in [3.8, 4) is 5.75 Å². The van der Waals surface area contributed by atoms with E-state index in [1.54, 1.807) is 6.07 Å². The average Bonchev–Trinajstić information content (AvgIpc) is 3.18. The highest BCUT2D eigenvalue weighted by atomic mass is 32.2. The molecule has 0 aliphatic carbocycles. The lowest BCUT2D eigenvalue weighted by molar-refractivity contribution is 0.177. The number of aliphatic hydroxyl groups is 1. The van der Waals surface area contributed by atoms with Gasteiger partial charge in [-0.15, -0.1) is 0 Å². The van der Waals surface area contributed by atoms with Crippen LogP contribution in [0.25, 0.3) is 10.2 Å². The molecular weight excluding hydrogens is 442 g/mol. The number of aromatic nitrogens is 1. The number of hydrogen-bond donors (Lipinski definition) is 5. The van der Waals surface area contributed by atoms with Crippen LogP contribution in [0.3, 0.4) is 0 Å². The first-order chi connectivity index (χ1) is 15.4. The minimum Gasteiger partial charge on any atom is -0.506 e. The SMILES string of the molecule is CC(C)(CNCCCSCCNC[C@H](O)c1ccc(O)c2[nH]c(=O)sc12)c1ccccc1. The van der Waals surface area contributed by atoms with E-state index in [9.17, 15) is 15.0 Å². The number of nitrogens with one attached hydrogen (secondary N) is 3. The van der Waals surface area contributed by atoms with Crippen molar-refractivity contribution in [2.75, 3.05) is 37.7 Å². The number of aromatic amines is 1. The molecule has 0 radical (unpaired) electrons. The quantitative estimate of drug-likeness (QED) is 0.242. The molecule has 0 fully saturated rings. The highest BCUT2D eigenvalue weighted by Gasteiger charge is 2.19. The number of aromatic hydroxyl groups is 1. The Bertz CT molecular complexity index is 1030. The van der Waals surface area contributed by atoms with E-state index < -0.39 is 6.10 Å². The highest BCUT2D eigenvalue weighted by Crippen LogP contribution is 2.31. The molecule has 0 aliphatic heterocycles. The average molecular weight is 476 g/mol. The van der Waals surface area contributed by atoms with Crippen LogP contribution in [0.4, 0.5) is 0 Å². The first-order valence-electron chi connectivity index (χ1n) is 11.0. The van der Waals surface area contributed by atoms with Gasteiger partial charge in [0.05, 0.1) is 10.8 Å². The van der Waals surface area contributed by atoms with Gasteiger partial charge in [-0.1, -0.05) is 61.6 Å². The fraction of sp³-hybridized carbons (Fsp3) is 0.458. The lowest BCUT2D eigenvalue weighted by atomic mass is 9.84. The van der Waals surface area contributed by atoms with E-state index in [-0.39, 0.29) is 16.0 Å². The molecule has 1 heterocycles. The molecule has 2 aromatic carbocycles. The molecule has 0 spiro atoms. The summed E-state index contributed by atoms with van der Waals surface area (Å²) in [5.74, 6) is 2.10. The molecular formula is C24H33N3O3S2. The summed E-state index contributed by atoms with van der Waals surface area (Å²) >= 11 is 2.91. The number of hydrogen-bond acceptors (Lipinski definition) is 7. The molecule has 3 rings (SSSR count). The number of thioether (sulfide) groups is 1. The van der Waals surface area contributed by atoms with Gasteiger partial charge in [0.25, 0.3) is 0 Å².